The van der Waals surface area contributed by atoms with Crippen LogP contribution in [0.2, 0.25) is 0 Å². The molecule has 0 radical (unpaired) electrons. The molecule has 7 heteroatoms. The minimum absolute atomic E-state index is 0.0411. The highest BCUT2D eigenvalue weighted by Gasteiger charge is 2.37. The molecule has 1 saturated heterocycles. The van der Waals surface area contributed by atoms with Crippen molar-refractivity contribution in [3.05, 3.63) is 18.7 Å². The summed E-state index contributed by atoms with van der Waals surface area (Å²) >= 11 is 0. The molecular formula is C13H21N3O3S. The van der Waals surface area contributed by atoms with Crippen LogP contribution in [0.4, 0.5) is 0 Å². The topological polar surface area (TPSA) is 72.3 Å². The Kier molecular flexibility index (Phi) is 4.47. The standard InChI is InChI=1S/C13H21N3O3S/c1-11-12(2)20(18,19)9-8-16(11)13(17)4-3-6-15-7-5-14-10-15/h5,7,10-12H,3-4,6,8-9H2,1-2H3/t11-,12-/m1/s1. The van der Waals surface area contributed by atoms with E-state index in [9.17, 15) is 13.2 Å². The zero-order chi connectivity index (χ0) is 14.8. The van der Waals surface area contributed by atoms with Crippen LogP contribution in [-0.4, -0.2) is 52.4 Å². The summed E-state index contributed by atoms with van der Waals surface area (Å²) in [6.45, 7) is 4.57. The molecule has 20 heavy (non-hydrogen) atoms. The number of aromatic nitrogens is 2. The summed E-state index contributed by atoms with van der Waals surface area (Å²) in [5, 5.41) is -0.478. The van der Waals surface area contributed by atoms with Gasteiger partial charge in [0.2, 0.25) is 5.91 Å². The highest BCUT2D eigenvalue weighted by Crippen LogP contribution is 2.20. The van der Waals surface area contributed by atoms with Gasteiger partial charge in [0.1, 0.15) is 0 Å². The van der Waals surface area contributed by atoms with Gasteiger partial charge in [0.05, 0.1) is 17.3 Å². The van der Waals surface area contributed by atoms with E-state index in [1.165, 1.54) is 0 Å². The quantitative estimate of drug-likeness (QED) is 0.820. The molecule has 0 aromatic carbocycles. The van der Waals surface area contributed by atoms with Gasteiger partial charge < -0.3 is 9.47 Å². The predicted molar refractivity (Wildman–Crippen MR) is 75.9 cm³/mol. The van der Waals surface area contributed by atoms with Crippen molar-refractivity contribution >= 4 is 15.7 Å². The molecule has 2 rings (SSSR count). The summed E-state index contributed by atoms with van der Waals surface area (Å²) < 4.78 is 25.5. The summed E-state index contributed by atoms with van der Waals surface area (Å²) in [4.78, 5) is 17.9. The molecular weight excluding hydrogens is 278 g/mol. The first kappa shape index (κ1) is 15.0. The van der Waals surface area contributed by atoms with E-state index < -0.39 is 15.1 Å². The van der Waals surface area contributed by atoms with Crippen LogP contribution in [0.1, 0.15) is 26.7 Å². The normalized spacial score (nSPS) is 25.6. The van der Waals surface area contributed by atoms with E-state index in [1.54, 1.807) is 24.3 Å². The molecule has 2 atom stereocenters. The van der Waals surface area contributed by atoms with Gasteiger partial charge in [-0.3, -0.25) is 4.79 Å². The number of hydrogen-bond acceptors (Lipinski definition) is 4. The van der Waals surface area contributed by atoms with Crippen molar-refractivity contribution in [2.75, 3.05) is 12.3 Å². The van der Waals surface area contributed by atoms with Crippen LogP contribution in [0, 0.1) is 0 Å². The van der Waals surface area contributed by atoms with Crippen molar-refractivity contribution in [3.8, 4) is 0 Å². The van der Waals surface area contributed by atoms with Gasteiger partial charge in [0.15, 0.2) is 9.84 Å². The lowest BCUT2D eigenvalue weighted by molar-refractivity contribution is -0.133. The number of hydrogen-bond donors (Lipinski definition) is 0. The number of carbonyl (C=O) groups excluding carboxylic acids is 1. The fourth-order valence-corrected chi connectivity index (χ4v) is 4.07. The average molecular weight is 299 g/mol. The highest BCUT2D eigenvalue weighted by molar-refractivity contribution is 7.92. The molecule has 1 aromatic rings. The number of rotatable bonds is 4. The SMILES string of the molecule is C[C@@H]1[C@@H](C)S(=O)(=O)CCN1C(=O)CCCn1ccnc1. The van der Waals surface area contributed by atoms with Crippen LogP contribution >= 0.6 is 0 Å². The van der Waals surface area contributed by atoms with Crippen LogP contribution in [0.15, 0.2) is 18.7 Å². The van der Waals surface area contributed by atoms with E-state index in [-0.39, 0.29) is 17.7 Å². The summed E-state index contributed by atoms with van der Waals surface area (Å²) in [6.07, 6.45) is 6.47. The fraction of sp³-hybridized carbons (Fsp3) is 0.692. The Morgan fingerprint density at radius 1 is 1.40 bits per heavy atom. The molecule has 0 aliphatic carbocycles. The molecule has 1 amide bonds. The number of aryl methyl sites for hydroxylation is 1. The van der Waals surface area contributed by atoms with E-state index in [1.807, 2.05) is 17.7 Å². The minimum Gasteiger partial charge on any atom is -0.338 e. The van der Waals surface area contributed by atoms with Gasteiger partial charge in [-0.2, -0.15) is 0 Å². The van der Waals surface area contributed by atoms with E-state index in [4.69, 9.17) is 0 Å². The zero-order valence-corrected chi connectivity index (χ0v) is 12.7. The monoisotopic (exact) mass is 299 g/mol. The van der Waals surface area contributed by atoms with Crippen LogP contribution in [0.3, 0.4) is 0 Å². The molecule has 1 aromatic heterocycles. The van der Waals surface area contributed by atoms with Gasteiger partial charge in [0.25, 0.3) is 0 Å². The van der Waals surface area contributed by atoms with Crippen molar-refractivity contribution in [1.82, 2.24) is 14.5 Å². The molecule has 1 fully saturated rings. The second-order valence-electron chi connectivity index (χ2n) is 5.30. The second kappa shape index (κ2) is 5.95. The van der Waals surface area contributed by atoms with Gasteiger partial charge in [-0.15, -0.1) is 0 Å². The summed E-state index contributed by atoms with van der Waals surface area (Å²) in [6, 6.07) is -0.241. The number of sulfone groups is 1. The smallest absolute Gasteiger partial charge is 0.222 e. The lowest BCUT2D eigenvalue weighted by Gasteiger charge is -2.37. The summed E-state index contributed by atoms with van der Waals surface area (Å²) in [5.41, 5.74) is 0. The molecule has 0 spiro atoms. The Morgan fingerprint density at radius 3 is 2.80 bits per heavy atom. The molecule has 1 aliphatic rings. The first-order chi connectivity index (χ1) is 9.42. The number of nitrogens with zero attached hydrogens (tertiary/aromatic N) is 3. The first-order valence-corrected chi connectivity index (χ1v) is 8.60. The summed E-state index contributed by atoms with van der Waals surface area (Å²) in [7, 11) is -3.04. The van der Waals surface area contributed by atoms with Crippen LogP contribution in [-0.2, 0) is 21.2 Å². The molecule has 0 saturated carbocycles. The third kappa shape index (κ3) is 3.20. The number of imidazole rings is 1. The number of amides is 1. The van der Waals surface area contributed by atoms with E-state index in [0.29, 0.717) is 13.0 Å². The minimum atomic E-state index is -3.04. The van der Waals surface area contributed by atoms with Crippen molar-refractivity contribution in [3.63, 3.8) is 0 Å². The van der Waals surface area contributed by atoms with Gasteiger partial charge >= 0.3 is 0 Å². The summed E-state index contributed by atoms with van der Waals surface area (Å²) in [5.74, 6) is 0.116. The Labute approximate surface area is 119 Å². The van der Waals surface area contributed by atoms with Crippen molar-refractivity contribution in [2.24, 2.45) is 0 Å². The molecule has 6 nitrogen and oxygen atoms in total. The maximum atomic E-state index is 12.2. The fourth-order valence-electron chi connectivity index (χ4n) is 2.50. The molecule has 0 N–H and O–H groups in total. The van der Waals surface area contributed by atoms with Crippen LogP contribution in [0.5, 0.6) is 0 Å². The van der Waals surface area contributed by atoms with Crippen LogP contribution in [0.25, 0.3) is 0 Å². The predicted octanol–water partition coefficient (Wildman–Crippen LogP) is 0.697. The molecule has 112 valence electrons. The Bertz CT molecular complexity index is 553. The Hall–Kier alpha value is -1.37. The van der Waals surface area contributed by atoms with Gasteiger partial charge in [0, 0.05) is 37.9 Å². The molecule has 2 heterocycles. The largest absolute Gasteiger partial charge is 0.338 e. The average Bonchev–Trinajstić information content (AvgIpc) is 2.89. The van der Waals surface area contributed by atoms with Crippen molar-refractivity contribution in [1.29, 1.82) is 0 Å². The molecule has 0 bridgehead atoms. The van der Waals surface area contributed by atoms with E-state index >= 15 is 0 Å². The van der Waals surface area contributed by atoms with Crippen molar-refractivity contribution in [2.45, 2.75) is 44.5 Å². The lowest BCUT2D eigenvalue weighted by Crippen LogP contribution is -2.54. The molecule has 0 unspecified atom stereocenters. The highest BCUT2D eigenvalue weighted by atomic mass is 32.2. The maximum absolute atomic E-state index is 12.2. The third-order valence-electron chi connectivity index (χ3n) is 4.04. The lowest BCUT2D eigenvalue weighted by atomic mass is 10.1. The van der Waals surface area contributed by atoms with Gasteiger partial charge in [-0.1, -0.05) is 0 Å². The van der Waals surface area contributed by atoms with E-state index in [0.717, 1.165) is 13.0 Å². The van der Waals surface area contributed by atoms with Gasteiger partial charge in [-0.25, -0.2) is 13.4 Å². The second-order valence-corrected chi connectivity index (χ2v) is 7.78. The van der Waals surface area contributed by atoms with Gasteiger partial charge in [-0.05, 0) is 20.3 Å². The maximum Gasteiger partial charge on any atom is 0.222 e. The van der Waals surface area contributed by atoms with Crippen LogP contribution < -0.4 is 0 Å². The molecule has 1 aliphatic heterocycles. The van der Waals surface area contributed by atoms with E-state index in [2.05, 4.69) is 4.98 Å². The first-order valence-electron chi connectivity index (χ1n) is 6.88. The number of carbonyl (C=O) groups is 1. The van der Waals surface area contributed by atoms with Crippen molar-refractivity contribution < 1.29 is 13.2 Å². The zero-order valence-electron chi connectivity index (χ0n) is 11.9. The third-order valence-corrected chi connectivity index (χ3v) is 6.32. The Morgan fingerprint density at radius 2 is 2.15 bits per heavy atom. The Balaban J connectivity index is 1.86.